The molecule has 1 saturated heterocycles. The molecule has 5 nitrogen and oxygen atoms in total. The number of pyridine rings is 1. The number of nitriles is 1. The highest BCUT2D eigenvalue weighted by Gasteiger charge is 2.16. The molecule has 6 heteroatoms. The van der Waals surface area contributed by atoms with Crippen molar-refractivity contribution in [2.75, 3.05) is 36.5 Å². The Kier molecular flexibility index (Phi) is 5.23. The number of fused-ring (bicyclic) bond motifs is 1. The van der Waals surface area contributed by atoms with E-state index >= 15 is 0 Å². The highest BCUT2D eigenvalue weighted by atomic mass is 79.9. The average molecular weight is 423 g/mol. The first-order chi connectivity index (χ1) is 13.3. The fourth-order valence-corrected chi connectivity index (χ4v) is 3.73. The molecule has 0 radical (unpaired) electrons. The summed E-state index contributed by atoms with van der Waals surface area (Å²) in [5.41, 5.74) is 4.64. The fraction of sp³-hybridized carbons (Fsp3) is 0.238. The van der Waals surface area contributed by atoms with E-state index in [1.807, 2.05) is 24.3 Å². The molecular formula is C21H19BrN4O. The molecule has 0 aliphatic carbocycles. The van der Waals surface area contributed by atoms with E-state index in [0.717, 1.165) is 47.4 Å². The Bertz CT molecular complexity index is 1010. The lowest BCUT2D eigenvalue weighted by atomic mass is 10.1. The van der Waals surface area contributed by atoms with Crippen molar-refractivity contribution in [2.45, 2.75) is 6.54 Å². The molecule has 3 aromatic rings. The van der Waals surface area contributed by atoms with Crippen LogP contribution in [0.4, 0.5) is 11.4 Å². The second kappa shape index (κ2) is 7.95. The topological polar surface area (TPSA) is 61.2 Å². The van der Waals surface area contributed by atoms with Gasteiger partial charge in [-0.1, -0.05) is 40.2 Å². The molecule has 27 heavy (non-hydrogen) atoms. The molecule has 0 unspecified atom stereocenters. The van der Waals surface area contributed by atoms with Crippen LogP contribution in [0.1, 0.15) is 11.1 Å². The number of benzene rings is 2. The van der Waals surface area contributed by atoms with Gasteiger partial charge in [-0.2, -0.15) is 5.26 Å². The smallest absolute Gasteiger partial charge is 0.103 e. The van der Waals surface area contributed by atoms with E-state index in [4.69, 9.17) is 4.74 Å². The molecular weight excluding hydrogens is 404 g/mol. The second-order valence-electron chi connectivity index (χ2n) is 6.40. The number of rotatable bonds is 4. The molecule has 0 saturated carbocycles. The van der Waals surface area contributed by atoms with Gasteiger partial charge in [0.25, 0.3) is 0 Å². The summed E-state index contributed by atoms with van der Waals surface area (Å²) >= 11 is 3.58. The van der Waals surface area contributed by atoms with Gasteiger partial charge in [-0.15, -0.1) is 0 Å². The number of anilines is 2. The van der Waals surface area contributed by atoms with Crippen LogP contribution in [-0.2, 0) is 11.3 Å². The minimum absolute atomic E-state index is 0.554. The van der Waals surface area contributed by atoms with Crippen molar-refractivity contribution in [3.8, 4) is 6.07 Å². The lowest BCUT2D eigenvalue weighted by Crippen LogP contribution is -2.36. The number of nitrogens with one attached hydrogen (secondary N) is 1. The number of hydrogen-bond donors (Lipinski definition) is 1. The molecule has 1 N–H and O–H groups in total. The third-order valence-electron chi connectivity index (χ3n) is 4.75. The third-order valence-corrected chi connectivity index (χ3v) is 5.24. The summed E-state index contributed by atoms with van der Waals surface area (Å²) in [5, 5.41) is 14.0. The van der Waals surface area contributed by atoms with E-state index < -0.39 is 0 Å². The van der Waals surface area contributed by atoms with Gasteiger partial charge in [0.2, 0.25) is 0 Å². The Hall–Kier alpha value is -2.62. The van der Waals surface area contributed by atoms with Gasteiger partial charge >= 0.3 is 0 Å². The summed E-state index contributed by atoms with van der Waals surface area (Å²) in [6.07, 6.45) is 1.63. The van der Waals surface area contributed by atoms with Crippen LogP contribution in [0.15, 0.2) is 53.1 Å². The molecule has 1 fully saturated rings. The molecule has 0 amide bonds. The number of halogens is 1. The van der Waals surface area contributed by atoms with Crippen LogP contribution in [0.5, 0.6) is 0 Å². The molecule has 1 aliphatic rings. The van der Waals surface area contributed by atoms with Gasteiger partial charge in [0.15, 0.2) is 0 Å². The minimum atomic E-state index is 0.554. The Labute approximate surface area is 166 Å². The standard InChI is InChI=1S/C21H19BrN4O/c22-17-6-5-15(20(11-17)26-7-9-27-10-8-26)13-25-21-16(12-23)14-24-19-4-2-1-3-18(19)21/h1-6,11,14H,7-10,13H2,(H,24,25). The van der Waals surface area contributed by atoms with Gasteiger partial charge in [-0.3, -0.25) is 4.98 Å². The summed E-state index contributed by atoms with van der Waals surface area (Å²) in [6, 6.07) is 16.5. The summed E-state index contributed by atoms with van der Waals surface area (Å²) in [6.45, 7) is 3.87. The van der Waals surface area contributed by atoms with E-state index in [1.165, 1.54) is 11.3 Å². The highest BCUT2D eigenvalue weighted by molar-refractivity contribution is 9.10. The van der Waals surface area contributed by atoms with E-state index in [0.29, 0.717) is 12.1 Å². The van der Waals surface area contributed by atoms with Gasteiger partial charge in [0.1, 0.15) is 6.07 Å². The zero-order valence-corrected chi connectivity index (χ0v) is 16.4. The first-order valence-electron chi connectivity index (χ1n) is 8.89. The van der Waals surface area contributed by atoms with Crippen molar-refractivity contribution in [3.63, 3.8) is 0 Å². The molecule has 1 aliphatic heterocycles. The van der Waals surface area contributed by atoms with Crippen molar-refractivity contribution in [1.82, 2.24) is 4.98 Å². The quantitative estimate of drug-likeness (QED) is 0.678. The molecule has 136 valence electrons. The first-order valence-corrected chi connectivity index (χ1v) is 9.68. The van der Waals surface area contributed by atoms with Gasteiger partial charge in [0, 0.05) is 41.4 Å². The SMILES string of the molecule is N#Cc1cnc2ccccc2c1NCc1ccc(Br)cc1N1CCOCC1. The minimum Gasteiger partial charge on any atom is -0.379 e. The zero-order valence-electron chi connectivity index (χ0n) is 14.8. The molecule has 4 rings (SSSR count). The first kappa shape index (κ1) is 17.8. The Morgan fingerprint density at radius 2 is 2.00 bits per heavy atom. The van der Waals surface area contributed by atoms with Crippen molar-refractivity contribution in [3.05, 3.63) is 64.3 Å². The fourth-order valence-electron chi connectivity index (χ4n) is 3.39. The zero-order chi connectivity index (χ0) is 18.6. The van der Waals surface area contributed by atoms with Crippen LogP contribution < -0.4 is 10.2 Å². The van der Waals surface area contributed by atoms with Gasteiger partial charge < -0.3 is 15.0 Å². The summed E-state index contributed by atoms with van der Waals surface area (Å²) in [5.74, 6) is 0. The number of ether oxygens (including phenoxy) is 1. The maximum atomic E-state index is 9.51. The molecule has 0 spiro atoms. The summed E-state index contributed by atoms with van der Waals surface area (Å²) in [4.78, 5) is 6.73. The Morgan fingerprint density at radius 1 is 1.19 bits per heavy atom. The molecule has 2 heterocycles. The van der Waals surface area contributed by atoms with Crippen LogP contribution in [-0.4, -0.2) is 31.3 Å². The van der Waals surface area contributed by atoms with E-state index in [-0.39, 0.29) is 0 Å². The largest absolute Gasteiger partial charge is 0.379 e. The monoisotopic (exact) mass is 422 g/mol. The van der Waals surface area contributed by atoms with Gasteiger partial charge in [-0.05, 0) is 23.8 Å². The number of nitrogens with zero attached hydrogens (tertiary/aromatic N) is 3. The molecule has 2 aromatic carbocycles. The Morgan fingerprint density at radius 3 is 2.81 bits per heavy atom. The molecule has 0 bridgehead atoms. The second-order valence-corrected chi connectivity index (χ2v) is 7.32. The lowest BCUT2D eigenvalue weighted by Gasteiger charge is -2.31. The van der Waals surface area contributed by atoms with E-state index in [1.54, 1.807) is 6.20 Å². The predicted octanol–water partition coefficient (Wildman–Crippen LogP) is 4.32. The van der Waals surface area contributed by atoms with E-state index in [2.05, 4.69) is 55.4 Å². The van der Waals surface area contributed by atoms with Gasteiger partial charge in [-0.25, -0.2) is 0 Å². The van der Waals surface area contributed by atoms with Crippen LogP contribution in [0, 0.1) is 11.3 Å². The highest BCUT2D eigenvalue weighted by Crippen LogP contribution is 2.29. The summed E-state index contributed by atoms with van der Waals surface area (Å²) in [7, 11) is 0. The Balaban J connectivity index is 1.67. The maximum absolute atomic E-state index is 9.51. The number of morpholine rings is 1. The third kappa shape index (κ3) is 3.75. The molecule has 1 aromatic heterocycles. The number of para-hydroxylation sites is 1. The maximum Gasteiger partial charge on any atom is 0.103 e. The number of hydrogen-bond acceptors (Lipinski definition) is 5. The normalized spacial score (nSPS) is 14.1. The van der Waals surface area contributed by atoms with Crippen LogP contribution in [0.2, 0.25) is 0 Å². The van der Waals surface area contributed by atoms with Crippen LogP contribution >= 0.6 is 15.9 Å². The van der Waals surface area contributed by atoms with Crippen molar-refractivity contribution < 1.29 is 4.74 Å². The lowest BCUT2D eigenvalue weighted by molar-refractivity contribution is 0.122. The summed E-state index contributed by atoms with van der Waals surface area (Å²) < 4.78 is 6.54. The molecule has 0 atom stereocenters. The van der Waals surface area contributed by atoms with Crippen LogP contribution in [0.3, 0.4) is 0 Å². The predicted molar refractivity (Wildman–Crippen MR) is 111 cm³/mol. The van der Waals surface area contributed by atoms with Crippen molar-refractivity contribution in [2.24, 2.45) is 0 Å². The average Bonchev–Trinajstić information content (AvgIpc) is 2.73. The van der Waals surface area contributed by atoms with Crippen molar-refractivity contribution in [1.29, 1.82) is 5.26 Å². The van der Waals surface area contributed by atoms with Gasteiger partial charge in [0.05, 0.1) is 30.0 Å². The van der Waals surface area contributed by atoms with E-state index in [9.17, 15) is 5.26 Å². The van der Waals surface area contributed by atoms with Crippen LogP contribution in [0.25, 0.3) is 10.9 Å². The van der Waals surface area contributed by atoms with Crippen molar-refractivity contribution >= 4 is 38.2 Å². The number of aromatic nitrogens is 1.